The molecule has 8 heteroatoms. The van der Waals surface area contributed by atoms with Crippen LogP contribution in [0, 0.1) is 0 Å². The summed E-state index contributed by atoms with van der Waals surface area (Å²) in [6.07, 6.45) is -4.41. The van der Waals surface area contributed by atoms with Crippen LogP contribution in [0.1, 0.15) is 21.5 Å². The Morgan fingerprint density at radius 2 is 1.81 bits per heavy atom. The van der Waals surface area contributed by atoms with Gasteiger partial charge in [-0.1, -0.05) is 12.1 Å². The molecule has 0 bridgehead atoms. The van der Waals surface area contributed by atoms with Crippen molar-refractivity contribution >= 4 is 29.3 Å². The zero-order valence-electron chi connectivity index (χ0n) is 13.8. The Bertz CT molecular complexity index is 776. The highest BCUT2D eigenvalue weighted by Gasteiger charge is 2.29. The number of nitrogens with one attached hydrogen (secondary N) is 1. The molecule has 0 atom stereocenters. The van der Waals surface area contributed by atoms with E-state index in [1.807, 2.05) is 6.07 Å². The number of thioether (sulfide) groups is 1. The van der Waals surface area contributed by atoms with Gasteiger partial charge in [-0.3, -0.25) is 4.79 Å². The Labute approximate surface area is 152 Å². The zero-order valence-corrected chi connectivity index (χ0v) is 14.6. The van der Waals surface area contributed by atoms with Crippen LogP contribution in [-0.2, 0) is 21.5 Å². The highest BCUT2D eigenvalue weighted by Crippen LogP contribution is 2.29. The monoisotopic (exact) mass is 383 g/mol. The van der Waals surface area contributed by atoms with Gasteiger partial charge in [-0.15, -0.1) is 11.8 Å². The van der Waals surface area contributed by atoms with Gasteiger partial charge >= 0.3 is 12.1 Å². The quantitative estimate of drug-likeness (QED) is 0.753. The molecule has 1 amide bonds. The maximum Gasteiger partial charge on any atom is 0.416 e. The third kappa shape index (κ3) is 5.80. The number of halogens is 3. The van der Waals surface area contributed by atoms with Crippen LogP contribution in [0.5, 0.6) is 0 Å². The lowest BCUT2D eigenvalue weighted by Crippen LogP contribution is -2.14. The Kier molecular flexibility index (Phi) is 6.68. The van der Waals surface area contributed by atoms with Crippen LogP contribution in [0.2, 0.25) is 0 Å². The van der Waals surface area contributed by atoms with Crippen molar-refractivity contribution in [1.29, 1.82) is 0 Å². The first kappa shape index (κ1) is 19.8. The molecule has 26 heavy (non-hydrogen) atoms. The fourth-order valence-electron chi connectivity index (χ4n) is 2.11. The summed E-state index contributed by atoms with van der Waals surface area (Å²) in [7, 11) is 1.30. The molecule has 0 radical (unpaired) electrons. The van der Waals surface area contributed by atoms with Gasteiger partial charge < -0.3 is 10.1 Å². The molecule has 2 rings (SSSR count). The molecule has 4 nitrogen and oxygen atoms in total. The first-order valence-corrected chi connectivity index (χ1v) is 8.67. The first-order chi connectivity index (χ1) is 12.3. The number of hydrogen-bond donors (Lipinski definition) is 1. The van der Waals surface area contributed by atoms with E-state index in [4.69, 9.17) is 0 Å². The molecule has 2 aromatic rings. The molecule has 0 aliphatic carbocycles. The fraction of sp³-hybridized carbons (Fsp3) is 0.222. The van der Waals surface area contributed by atoms with Crippen LogP contribution >= 0.6 is 11.8 Å². The highest BCUT2D eigenvalue weighted by molar-refractivity contribution is 7.99. The number of benzene rings is 2. The number of carbonyl (C=O) groups excluding carboxylic acids is 2. The number of methoxy groups -OCH3 is 1. The predicted molar refractivity (Wildman–Crippen MR) is 94.0 cm³/mol. The van der Waals surface area contributed by atoms with E-state index in [0.29, 0.717) is 17.0 Å². The number of rotatable bonds is 6. The minimum absolute atomic E-state index is 0.128. The number of esters is 1. The average molecular weight is 383 g/mol. The lowest BCUT2D eigenvalue weighted by atomic mass is 10.1. The van der Waals surface area contributed by atoms with Gasteiger partial charge in [-0.05, 0) is 42.0 Å². The Morgan fingerprint density at radius 3 is 2.42 bits per heavy atom. The molecule has 0 fully saturated rings. The summed E-state index contributed by atoms with van der Waals surface area (Å²) >= 11 is 1.32. The van der Waals surface area contributed by atoms with Gasteiger partial charge in [-0.25, -0.2) is 4.79 Å². The summed E-state index contributed by atoms with van der Waals surface area (Å²) in [5, 5.41) is 2.54. The number of alkyl halides is 3. The van der Waals surface area contributed by atoms with E-state index < -0.39 is 17.7 Å². The van der Waals surface area contributed by atoms with E-state index >= 15 is 0 Å². The van der Waals surface area contributed by atoms with Crippen LogP contribution in [-0.4, -0.2) is 24.7 Å². The third-order valence-corrected chi connectivity index (χ3v) is 4.35. The van der Waals surface area contributed by atoms with Crippen molar-refractivity contribution in [3.63, 3.8) is 0 Å². The van der Waals surface area contributed by atoms with Crippen molar-refractivity contribution in [2.24, 2.45) is 0 Å². The largest absolute Gasteiger partial charge is 0.465 e. The molecule has 0 saturated heterocycles. The van der Waals surface area contributed by atoms with E-state index in [1.165, 1.54) is 31.0 Å². The molecule has 0 saturated carbocycles. The molecular formula is C18H16F3NO3S. The van der Waals surface area contributed by atoms with Crippen molar-refractivity contribution in [2.45, 2.75) is 11.9 Å². The summed E-state index contributed by atoms with van der Waals surface area (Å²) in [5.41, 5.74) is 0.826. The minimum Gasteiger partial charge on any atom is -0.465 e. The van der Waals surface area contributed by atoms with Crippen molar-refractivity contribution in [1.82, 2.24) is 0 Å². The van der Waals surface area contributed by atoms with E-state index in [0.717, 1.165) is 17.7 Å². The van der Waals surface area contributed by atoms with Crippen LogP contribution in [0.3, 0.4) is 0 Å². The van der Waals surface area contributed by atoms with Gasteiger partial charge in [0.15, 0.2) is 0 Å². The number of hydrogen-bond acceptors (Lipinski definition) is 4. The molecule has 0 aromatic heterocycles. The van der Waals surface area contributed by atoms with E-state index in [2.05, 4.69) is 10.1 Å². The second-order valence-electron chi connectivity index (χ2n) is 5.31. The SMILES string of the molecule is COC(=O)c1cccc(CSCC(=O)Nc2ccc(C(F)(F)F)cc2)c1. The topological polar surface area (TPSA) is 55.4 Å². The maximum atomic E-state index is 12.5. The number of carbonyl (C=O) groups is 2. The number of amides is 1. The van der Waals surface area contributed by atoms with Crippen LogP contribution in [0.15, 0.2) is 48.5 Å². The minimum atomic E-state index is -4.41. The summed E-state index contributed by atoms with van der Waals surface area (Å²) < 4.78 is 42.1. The number of ether oxygens (including phenoxy) is 1. The lowest BCUT2D eigenvalue weighted by molar-refractivity contribution is -0.137. The zero-order chi connectivity index (χ0) is 19.2. The Hall–Kier alpha value is -2.48. The van der Waals surface area contributed by atoms with Crippen molar-refractivity contribution in [2.75, 3.05) is 18.2 Å². The lowest BCUT2D eigenvalue weighted by Gasteiger charge is -2.09. The molecule has 1 N–H and O–H groups in total. The van der Waals surface area contributed by atoms with E-state index in [1.54, 1.807) is 18.2 Å². The molecule has 0 aliphatic rings. The number of anilines is 1. The third-order valence-electron chi connectivity index (χ3n) is 3.35. The van der Waals surface area contributed by atoms with E-state index in [9.17, 15) is 22.8 Å². The van der Waals surface area contributed by atoms with Gasteiger partial charge in [0.1, 0.15) is 0 Å². The Balaban J connectivity index is 1.83. The smallest absolute Gasteiger partial charge is 0.416 e. The van der Waals surface area contributed by atoms with Crippen molar-refractivity contribution in [3.05, 3.63) is 65.2 Å². The van der Waals surface area contributed by atoms with Gasteiger partial charge in [-0.2, -0.15) is 13.2 Å². The molecule has 0 unspecified atom stereocenters. The maximum absolute atomic E-state index is 12.5. The van der Waals surface area contributed by atoms with Gasteiger partial charge in [0.25, 0.3) is 0 Å². The average Bonchev–Trinajstić information content (AvgIpc) is 2.61. The summed E-state index contributed by atoms with van der Waals surface area (Å²) in [4.78, 5) is 23.4. The van der Waals surface area contributed by atoms with Crippen molar-refractivity contribution in [3.8, 4) is 0 Å². The molecule has 0 aliphatic heterocycles. The van der Waals surface area contributed by atoms with Gasteiger partial charge in [0.05, 0.1) is 24.0 Å². The normalized spacial score (nSPS) is 11.1. The van der Waals surface area contributed by atoms with Crippen molar-refractivity contribution < 1.29 is 27.5 Å². The predicted octanol–water partition coefficient (Wildman–Crippen LogP) is 4.36. The van der Waals surface area contributed by atoms with Crippen LogP contribution in [0.25, 0.3) is 0 Å². The molecule has 2 aromatic carbocycles. The highest BCUT2D eigenvalue weighted by atomic mass is 32.2. The molecular weight excluding hydrogens is 367 g/mol. The molecule has 0 heterocycles. The second-order valence-corrected chi connectivity index (χ2v) is 6.29. The van der Waals surface area contributed by atoms with Crippen LogP contribution in [0.4, 0.5) is 18.9 Å². The van der Waals surface area contributed by atoms with Gasteiger partial charge in [0, 0.05) is 11.4 Å². The van der Waals surface area contributed by atoms with Gasteiger partial charge in [0.2, 0.25) is 5.91 Å². The molecule has 138 valence electrons. The summed E-state index contributed by atoms with van der Waals surface area (Å²) in [6, 6.07) is 11.1. The van der Waals surface area contributed by atoms with Crippen LogP contribution < -0.4 is 5.32 Å². The summed E-state index contributed by atoms with van der Waals surface area (Å²) in [6.45, 7) is 0. The Morgan fingerprint density at radius 1 is 1.12 bits per heavy atom. The standard InChI is InChI=1S/C18H16F3NO3S/c1-25-17(24)13-4-2-3-12(9-13)10-26-11-16(23)22-15-7-5-14(6-8-15)18(19,20)21/h2-9H,10-11H2,1H3,(H,22,23). The van der Waals surface area contributed by atoms with E-state index in [-0.39, 0.29) is 11.7 Å². The first-order valence-electron chi connectivity index (χ1n) is 7.51. The molecule has 0 spiro atoms. The fourth-order valence-corrected chi connectivity index (χ4v) is 2.88. The summed E-state index contributed by atoms with van der Waals surface area (Å²) in [5.74, 6) is -0.120. The second kappa shape index (κ2) is 8.75.